The maximum atomic E-state index is 13.4. The highest BCUT2D eigenvalue weighted by molar-refractivity contribution is 5.24. The van der Waals surface area contributed by atoms with Gasteiger partial charge in [0.25, 0.3) is 5.56 Å². The van der Waals surface area contributed by atoms with Crippen LogP contribution in [-0.2, 0) is 13.0 Å². The van der Waals surface area contributed by atoms with Gasteiger partial charge in [-0.1, -0.05) is 36.4 Å². The molecule has 0 aliphatic rings. The minimum absolute atomic E-state index is 0.0909. The maximum absolute atomic E-state index is 13.4. The van der Waals surface area contributed by atoms with Gasteiger partial charge in [0.2, 0.25) is 5.88 Å². The molecule has 0 aliphatic carbocycles. The van der Waals surface area contributed by atoms with E-state index in [1.807, 2.05) is 30.3 Å². The lowest BCUT2D eigenvalue weighted by Crippen LogP contribution is -2.25. The van der Waals surface area contributed by atoms with Crippen molar-refractivity contribution in [2.24, 2.45) is 0 Å². The zero-order chi connectivity index (χ0) is 17.1. The van der Waals surface area contributed by atoms with E-state index in [4.69, 9.17) is 0 Å². The monoisotopic (exact) mass is 328 g/mol. The average Bonchev–Trinajstić information content (AvgIpc) is 2.55. The molecule has 0 amide bonds. The number of hydrogen-bond donors (Lipinski definition) is 1. The molecule has 4 nitrogen and oxygen atoms in total. The van der Waals surface area contributed by atoms with Crippen LogP contribution in [0.3, 0.4) is 0 Å². The van der Waals surface area contributed by atoms with Crippen LogP contribution in [0.4, 0.5) is 8.78 Å². The fourth-order valence-electron chi connectivity index (χ4n) is 2.44. The van der Waals surface area contributed by atoms with E-state index < -0.39 is 23.1 Å². The topological polar surface area (TPSA) is 55.1 Å². The highest BCUT2D eigenvalue weighted by Gasteiger charge is 2.11. The molecule has 6 heteroatoms. The first-order valence-corrected chi connectivity index (χ1v) is 7.30. The summed E-state index contributed by atoms with van der Waals surface area (Å²) in [6.07, 6.45) is 0.0909. The van der Waals surface area contributed by atoms with Gasteiger partial charge in [0.1, 0.15) is 5.82 Å². The van der Waals surface area contributed by atoms with Crippen molar-refractivity contribution in [2.45, 2.75) is 13.0 Å². The Morgan fingerprint density at radius 3 is 2.42 bits per heavy atom. The standard InChI is InChI=1S/C18H14F2N2O2/c19-14-7-6-13(8-15(14)20)9-16-21-17(23)10-18(24)22(16)11-12-4-2-1-3-5-12/h1-8,10,23H,9,11H2. The number of benzene rings is 2. The van der Waals surface area contributed by atoms with Gasteiger partial charge in [-0.2, -0.15) is 4.98 Å². The van der Waals surface area contributed by atoms with Gasteiger partial charge in [0.15, 0.2) is 11.6 Å². The SMILES string of the molecule is O=c1cc(O)nc(Cc2ccc(F)c(F)c2)n1Cc1ccccc1. The highest BCUT2D eigenvalue weighted by atomic mass is 19.2. The van der Waals surface area contributed by atoms with Gasteiger partial charge >= 0.3 is 0 Å². The van der Waals surface area contributed by atoms with Gasteiger partial charge < -0.3 is 5.11 Å². The molecule has 1 heterocycles. The fourth-order valence-corrected chi connectivity index (χ4v) is 2.44. The van der Waals surface area contributed by atoms with Crippen molar-refractivity contribution in [1.82, 2.24) is 9.55 Å². The maximum Gasteiger partial charge on any atom is 0.257 e. The third kappa shape index (κ3) is 3.48. The molecule has 1 aromatic heterocycles. The molecule has 0 fully saturated rings. The third-order valence-electron chi connectivity index (χ3n) is 3.60. The number of aromatic nitrogens is 2. The summed E-state index contributed by atoms with van der Waals surface area (Å²) in [5, 5.41) is 9.60. The molecule has 3 aromatic rings. The second kappa shape index (κ2) is 6.62. The van der Waals surface area contributed by atoms with E-state index >= 15 is 0 Å². The van der Waals surface area contributed by atoms with Crippen molar-refractivity contribution in [2.75, 3.05) is 0 Å². The Bertz CT molecular complexity index is 924. The largest absolute Gasteiger partial charge is 0.493 e. The van der Waals surface area contributed by atoms with E-state index in [1.54, 1.807) is 0 Å². The minimum Gasteiger partial charge on any atom is -0.493 e. The van der Waals surface area contributed by atoms with Crippen molar-refractivity contribution in [3.63, 3.8) is 0 Å². The molecule has 0 aliphatic heterocycles. The molecule has 0 bridgehead atoms. The van der Waals surface area contributed by atoms with Crippen LogP contribution in [0.2, 0.25) is 0 Å². The van der Waals surface area contributed by atoms with Gasteiger partial charge in [0.05, 0.1) is 12.6 Å². The van der Waals surface area contributed by atoms with Crippen LogP contribution in [0.25, 0.3) is 0 Å². The van der Waals surface area contributed by atoms with Crippen molar-refractivity contribution in [1.29, 1.82) is 0 Å². The van der Waals surface area contributed by atoms with Gasteiger partial charge in [0, 0.05) is 6.42 Å². The second-order valence-corrected chi connectivity index (χ2v) is 5.37. The van der Waals surface area contributed by atoms with Crippen LogP contribution in [-0.4, -0.2) is 14.7 Å². The summed E-state index contributed by atoms with van der Waals surface area (Å²) in [6, 6.07) is 13.8. The minimum atomic E-state index is -0.968. The number of aromatic hydroxyl groups is 1. The molecule has 0 saturated carbocycles. The second-order valence-electron chi connectivity index (χ2n) is 5.37. The molecule has 0 spiro atoms. The Kier molecular flexibility index (Phi) is 4.37. The molecule has 2 aromatic carbocycles. The molecular weight excluding hydrogens is 314 g/mol. The number of rotatable bonds is 4. The lowest BCUT2D eigenvalue weighted by Gasteiger charge is -2.12. The van der Waals surface area contributed by atoms with Gasteiger partial charge in [-0.25, -0.2) is 8.78 Å². The molecule has 3 rings (SSSR count). The van der Waals surface area contributed by atoms with E-state index in [-0.39, 0.29) is 18.8 Å². The smallest absolute Gasteiger partial charge is 0.257 e. The van der Waals surface area contributed by atoms with Crippen LogP contribution in [0, 0.1) is 11.6 Å². The predicted molar refractivity (Wildman–Crippen MR) is 84.9 cm³/mol. The van der Waals surface area contributed by atoms with Crippen LogP contribution < -0.4 is 5.56 Å². The number of nitrogens with zero attached hydrogens (tertiary/aromatic N) is 2. The van der Waals surface area contributed by atoms with Gasteiger partial charge in [-0.15, -0.1) is 0 Å². The molecular formula is C18H14F2N2O2. The first-order valence-electron chi connectivity index (χ1n) is 7.30. The molecule has 0 radical (unpaired) electrons. The van der Waals surface area contributed by atoms with Crippen molar-refractivity contribution >= 4 is 0 Å². The summed E-state index contributed by atoms with van der Waals surface area (Å²) >= 11 is 0. The van der Waals surface area contributed by atoms with E-state index in [9.17, 15) is 18.7 Å². The lowest BCUT2D eigenvalue weighted by atomic mass is 10.1. The molecule has 0 unspecified atom stereocenters. The zero-order valence-corrected chi connectivity index (χ0v) is 12.6. The first kappa shape index (κ1) is 15.9. The quantitative estimate of drug-likeness (QED) is 0.801. The fraction of sp³-hybridized carbons (Fsp3) is 0.111. The summed E-state index contributed by atoms with van der Waals surface area (Å²) < 4.78 is 27.8. The predicted octanol–water partition coefficient (Wildman–Crippen LogP) is 2.87. The Morgan fingerprint density at radius 1 is 0.958 bits per heavy atom. The molecule has 1 N–H and O–H groups in total. The summed E-state index contributed by atoms with van der Waals surface area (Å²) in [5.41, 5.74) is 0.927. The van der Waals surface area contributed by atoms with Crippen molar-refractivity contribution in [3.05, 3.63) is 93.5 Å². The van der Waals surface area contributed by atoms with E-state index in [2.05, 4.69) is 4.98 Å². The summed E-state index contributed by atoms with van der Waals surface area (Å²) in [6.45, 7) is 0.270. The normalized spacial score (nSPS) is 10.8. The Labute approximate surface area is 136 Å². The Hall–Kier alpha value is -3.02. The van der Waals surface area contributed by atoms with Crippen LogP contribution >= 0.6 is 0 Å². The van der Waals surface area contributed by atoms with E-state index in [1.165, 1.54) is 10.6 Å². The molecule has 24 heavy (non-hydrogen) atoms. The molecule has 0 atom stereocenters. The van der Waals surface area contributed by atoms with Crippen molar-refractivity contribution in [3.8, 4) is 5.88 Å². The Morgan fingerprint density at radius 2 is 1.71 bits per heavy atom. The first-order chi connectivity index (χ1) is 11.5. The van der Waals surface area contributed by atoms with Gasteiger partial charge in [-0.05, 0) is 23.3 Å². The summed E-state index contributed by atoms with van der Waals surface area (Å²) in [7, 11) is 0. The van der Waals surface area contributed by atoms with E-state index in [0.717, 1.165) is 23.8 Å². The van der Waals surface area contributed by atoms with E-state index in [0.29, 0.717) is 5.56 Å². The lowest BCUT2D eigenvalue weighted by molar-refractivity contribution is 0.442. The molecule has 0 saturated heterocycles. The highest BCUT2D eigenvalue weighted by Crippen LogP contribution is 2.14. The molecule has 122 valence electrons. The van der Waals surface area contributed by atoms with Crippen molar-refractivity contribution < 1.29 is 13.9 Å². The summed E-state index contributed by atoms with van der Waals surface area (Å²) in [5.74, 6) is -2.04. The zero-order valence-electron chi connectivity index (χ0n) is 12.6. The Balaban J connectivity index is 1.99. The number of halogens is 2. The summed E-state index contributed by atoms with van der Waals surface area (Å²) in [4.78, 5) is 16.2. The van der Waals surface area contributed by atoms with Crippen LogP contribution in [0.1, 0.15) is 17.0 Å². The number of hydrogen-bond acceptors (Lipinski definition) is 3. The average molecular weight is 328 g/mol. The third-order valence-corrected chi connectivity index (χ3v) is 3.60. The van der Waals surface area contributed by atoms with Crippen LogP contribution in [0.15, 0.2) is 59.4 Å². The van der Waals surface area contributed by atoms with Crippen LogP contribution in [0.5, 0.6) is 5.88 Å². The van der Waals surface area contributed by atoms with Gasteiger partial charge in [-0.3, -0.25) is 9.36 Å².